The third kappa shape index (κ3) is 4.64. The number of aromatic nitrogens is 6. The maximum Gasteiger partial charge on any atom is 0.306 e. The number of hydrogen-bond acceptors (Lipinski definition) is 9. The number of piperidine rings is 1. The van der Waals surface area contributed by atoms with Crippen molar-refractivity contribution in [3.63, 3.8) is 0 Å². The number of pyridine rings is 1. The summed E-state index contributed by atoms with van der Waals surface area (Å²) in [5.41, 5.74) is 3.20. The molecule has 5 rings (SSSR count). The van der Waals surface area contributed by atoms with Crippen molar-refractivity contribution in [1.29, 1.82) is 0 Å². The molecule has 11 nitrogen and oxygen atoms in total. The Kier molecular flexibility index (Phi) is 6.36. The summed E-state index contributed by atoms with van der Waals surface area (Å²) in [4.78, 5) is 27.6. The highest BCUT2D eigenvalue weighted by atomic mass is 16.5. The Morgan fingerprint density at radius 3 is 2.72 bits per heavy atom. The van der Waals surface area contributed by atoms with E-state index in [1.54, 1.807) is 12.5 Å². The average molecular weight is 489 g/mol. The van der Waals surface area contributed by atoms with Crippen LogP contribution in [-0.2, 0) is 11.8 Å². The molecule has 1 fully saturated rings. The van der Waals surface area contributed by atoms with Crippen molar-refractivity contribution in [3.8, 4) is 17.1 Å². The van der Waals surface area contributed by atoms with Crippen LogP contribution in [0.4, 0.5) is 17.5 Å². The number of nitrogens with one attached hydrogen (secondary N) is 1. The molecule has 3 aromatic heterocycles. The lowest BCUT2D eigenvalue weighted by molar-refractivity contribution is -0.142. The zero-order chi connectivity index (χ0) is 25.2. The van der Waals surface area contributed by atoms with Gasteiger partial charge in [0.05, 0.1) is 18.2 Å². The normalized spacial score (nSPS) is 14.2. The second-order valence-corrected chi connectivity index (χ2v) is 8.85. The van der Waals surface area contributed by atoms with Crippen LogP contribution >= 0.6 is 0 Å². The highest BCUT2D eigenvalue weighted by Gasteiger charge is 2.26. The van der Waals surface area contributed by atoms with E-state index < -0.39 is 5.97 Å². The molecular formula is C25H28N8O3. The van der Waals surface area contributed by atoms with Crippen molar-refractivity contribution < 1.29 is 14.6 Å². The Morgan fingerprint density at radius 1 is 1.22 bits per heavy atom. The van der Waals surface area contributed by atoms with Gasteiger partial charge in [-0.1, -0.05) is 0 Å². The molecule has 0 unspecified atom stereocenters. The lowest BCUT2D eigenvalue weighted by Gasteiger charge is -2.31. The van der Waals surface area contributed by atoms with Gasteiger partial charge in [0.1, 0.15) is 17.6 Å². The predicted molar refractivity (Wildman–Crippen MR) is 136 cm³/mol. The molecule has 2 N–H and O–H groups in total. The summed E-state index contributed by atoms with van der Waals surface area (Å²) in [7, 11) is 1.89. The Bertz CT molecular complexity index is 1410. The van der Waals surface area contributed by atoms with Gasteiger partial charge < -0.3 is 24.6 Å². The number of hydrogen-bond donors (Lipinski definition) is 2. The number of benzene rings is 1. The van der Waals surface area contributed by atoms with Crippen LogP contribution in [0.15, 0.2) is 36.8 Å². The molecule has 4 heterocycles. The van der Waals surface area contributed by atoms with E-state index in [9.17, 15) is 9.90 Å². The minimum atomic E-state index is -0.735. The number of anilines is 3. The summed E-state index contributed by atoms with van der Waals surface area (Å²) in [5, 5.41) is 21.7. The zero-order valence-electron chi connectivity index (χ0n) is 20.5. The minimum absolute atomic E-state index is 0.314. The fourth-order valence-corrected chi connectivity index (χ4v) is 4.48. The van der Waals surface area contributed by atoms with E-state index in [2.05, 4.69) is 25.4 Å². The van der Waals surface area contributed by atoms with Gasteiger partial charge in [0, 0.05) is 43.0 Å². The molecule has 1 aliphatic heterocycles. The van der Waals surface area contributed by atoms with Gasteiger partial charge >= 0.3 is 5.97 Å². The minimum Gasteiger partial charge on any atom is -0.492 e. The maximum absolute atomic E-state index is 11.4. The Hall–Kier alpha value is -4.28. The second-order valence-electron chi connectivity index (χ2n) is 8.85. The average Bonchev–Trinajstić information content (AvgIpc) is 3.30. The van der Waals surface area contributed by atoms with E-state index in [-0.39, 0.29) is 5.92 Å². The van der Waals surface area contributed by atoms with Crippen LogP contribution in [0.25, 0.3) is 22.3 Å². The molecule has 0 amide bonds. The number of aliphatic carboxylic acids is 1. The van der Waals surface area contributed by atoms with Gasteiger partial charge in [0.2, 0.25) is 5.95 Å². The first-order valence-corrected chi connectivity index (χ1v) is 11.9. The van der Waals surface area contributed by atoms with Crippen LogP contribution in [0.5, 0.6) is 5.75 Å². The third-order valence-corrected chi connectivity index (χ3v) is 6.32. The van der Waals surface area contributed by atoms with Gasteiger partial charge in [-0.05, 0) is 51.0 Å². The van der Waals surface area contributed by atoms with E-state index in [0.29, 0.717) is 44.2 Å². The van der Waals surface area contributed by atoms with Gasteiger partial charge in [-0.25, -0.2) is 15.0 Å². The monoisotopic (exact) mass is 488 g/mol. The van der Waals surface area contributed by atoms with E-state index in [4.69, 9.17) is 14.7 Å². The molecule has 4 aromatic rings. The molecule has 1 aliphatic rings. The van der Waals surface area contributed by atoms with Crippen molar-refractivity contribution in [1.82, 2.24) is 29.7 Å². The molecule has 0 spiro atoms. The number of aryl methyl sites for hydroxylation is 2. The van der Waals surface area contributed by atoms with Gasteiger partial charge in [-0.15, -0.1) is 10.2 Å². The highest BCUT2D eigenvalue weighted by molar-refractivity contribution is 5.89. The fourth-order valence-electron chi connectivity index (χ4n) is 4.48. The first-order chi connectivity index (χ1) is 17.4. The summed E-state index contributed by atoms with van der Waals surface area (Å²) in [6.45, 7) is 5.60. The molecule has 0 radical (unpaired) electrons. The summed E-state index contributed by atoms with van der Waals surface area (Å²) in [6, 6.07) is 7.72. The van der Waals surface area contributed by atoms with E-state index in [1.807, 2.05) is 49.7 Å². The fraction of sp³-hybridized carbons (Fsp3) is 0.360. The zero-order valence-corrected chi connectivity index (χ0v) is 20.5. The largest absolute Gasteiger partial charge is 0.492 e. The first-order valence-electron chi connectivity index (χ1n) is 11.9. The molecule has 1 aromatic carbocycles. The van der Waals surface area contributed by atoms with Crippen LogP contribution < -0.4 is 15.0 Å². The Labute approximate surface area is 208 Å². The van der Waals surface area contributed by atoms with Crippen LogP contribution in [-0.4, -0.2) is 60.5 Å². The molecule has 0 atom stereocenters. The number of rotatable bonds is 7. The summed E-state index contributed by atoms with van der Waals surface area (Å²) in [5.74, 6) is 1.51. The van der Waals surface area contributed by atoms with Gasteiger partial charge in [-0.3, -0.25) is 4.79 Å². The number of carboxylic acids is 1. The molecular weight excluding hydrogens is 460 g/mol. The SMILES string of the molecule is CCOc1cc(-c2nncn2C)ccc1Nc1ncc2cc(C)nc(N3CCC(C(=O)O)CC3)c2n1. The van der Waals surface area contributed by atoms with Crippen molar-refractivity contribution in [2.75, 3.05) is 29.9 Å². The second kappa shape index (κ2) is 9.76. The van der Waals surface area contributed by atoms with Crippen molar-refractivity contribution >= 4 is 34.3 Å². The van der Waals surface area contributed by atoms with Gasteiger partial charge in [0.15, 0.2) is 11.6 Å². The van der Waals surface area contributed by atoms with Crippen LogP contribution in [0.3, 0.4) is 0 Å². The van der Waals surface area contributed by atoms with Crippen LogP contribution in [0.2, 0.25) is 0 Å². The van der Waals surface area contributed by atoms with E-state index in [1.165, 1.54) is 0 Å². The number of carbonyl (C=O) groups is 1. The van der Waals surface area contributed by atoms with E-state index in [0.717, 1.165) is 39.5 Å². The molecule has 36 heavy (non-hydrogen) atoms. The molecule has 0 bridgehead atoms. The molecule has 11 heteroatoms. The lowest BCUT2D eigenvalue weighted by atomic mass is 9.97. The summed E-state index contributed by atoms with van der Waals surface area (Å²) < 4.78 is 7.74. The first kappa shape index (κ1) is 23.5. The number of nitrogens with zero attached hydrogens (tertiary/aromatic N) is 7. The quantitative estimate of drug-likeness (QED) is 0.398. The van der Waals surface area contributed by atoms with Crippen LogP contribution in [0, 0.1) is 12.8 Å². The van der Waals surface area contributed by atoms with Crippen LogP contribution in [0.1, 0.15) is 25.5 Å². The van der Waals surface area contributed by atoms with Crippen molar-refractivity contribution in [2.24, 2.45) is 13.0 Å². The smallest absolute Gasteiger partial charge is 0.306 e. The van der Waals surface area contributed by atoms with E-state index >= 15 is 0 Å². The molecule has 0 aliphatic carbocycles. The number of carboxylic acid groups (broad SMARTS) is 1. The van der Waals surface area contributed by atoms with Crippen molar-refractivity contribution in [3.05, 3.63) is 42.5 Å². The summed E-state index contributed by atoms with van der Waals surface area (Å²) in [6.07, 6.45) is 4.60. The Morgan fingerprint density at radius 2 is 2.03 bits per heavy atom. The molecule has 1 saturated heterocycles. The predicted octanol–water partition coefficient (Wildman–Crippen LogP) is 3.57. The third-order valence-electron chi connectivity index (χ3n) is 6.32. The topological polar surface area (TPSA) is 131 Å². The van der Waals surface area contributed by atoms with Crippen molar-refractivity contribution in [2.45, 2.75) is 26.7 Å². The number of ether oxygens (including phenoxy) is 1. The summed E-state index contributed by atoms with van der Waals surface area (Å²) >= 11 is 0. The lowest BCUT2D eigenvalue weighted by Crippen LogP contribution is -2.37. The maximum atomic E-state index is 11.4. The number of fused-ring (bicyclic) bond motifs is 1. The standard InChI is InChI=1S/C25H28N8O3/c1-4-36-20-12-17(22-31-27-14-32(22)3)5-6-19(20)29-25-26-13-18-11-15(2)28-23(21(18)30-25)33-9-7-16(8-10-33)24(34)35/h5-6,11-14,16H,4,7-10H2,1-3H3,(H,34,35)(H,26,29,30). The molecule has 186 valence electrons. The molecule has 0 saturated carbocycles. The Balaban J connectivity index is 1.47. The van der Waals surface area contributed by atoms with Gasteiger partial charge in [0.25, 0.3) is 0 Å². The van der Waals surface area contributed by atoms with Gasteiger partial charge in [-0.2, -0.15) is 0 Å². The highest BCUT2D eigenvalue weighted by Crippen LogP contribution is 2.33.